The van der Waals surface area contributed by atoms with Crippen molar-refractivity contribution < 1.29 is 17.2 Å². The van der Waals surface area contributed by atoms with Gasteiger partial charge in [-0.05, 0) is 78.8 Å². The molecule has 0 aromatic heterocycles. The summed E-state index contributed by atoms with van der Waals surface area (Å²) in [5, 5.41) is 0. The minimum atomic E-state index is 0. The Morgan fingerprint density at radius 2 is 1.54 bits per heavy atom. The Morgan fingerprint density at radius 3 is 2.08 bits per heavy atom. The number of ketones is 1. The van der Waals surface area contributed by atoms with Crippen LogP contribution >= 0.6 is 0 Å². The number of fused-ring (bicyclic) bond motifs is 1. The van der Waals surface area contributed by atoms with Crippen molar-refractivity contribution in [1.82, 2.24) is 4.90 Å². The quantitative estimate of drug-likeness (QED) is 0.735. The zero-order valence-electron chi connectivity index (χ0n) is 17.3. The predicted octanol–water partition coefficient (Wildman–Crippen LogP) is 2.27. The van der Waals surface area contributed by atoms with Gasteiger partial charge in [0.15, 0.2) is 5.78 Å². The van der Waals surface area contributed by atoms with Crippen molar-refractivity contribution in [3.8, 4) is 0 Å². The van der Waals surface area contributed by atoms with Gasteiger partial charge in [0.05, 0.1) is 0 Å². The van der Waals surface area contributed by atoms with E-state index in [1.54, 1.807) is 0 Å². The van der Waals surface area contributed by atoms with Crippen molar-refractivity contribution in [2.45, 2.75) is 84.0 Å². The molecule has 1 fully saturated rings. The number of Topliss-reactive ketones (excluding diaryl/α,β-unsaturated/α-hetero) is 1. The molecule has 3 heteroatoms. The monoisotopic (exact) mass is 376 g/mol. The molecule has 3 rings (SSSR count). The van der Waals surface area contributed by atoms with E-state index < -0.39 is 0 Å². The zero-order chi connectivity index (χ0) is 18.2. The van der Waals surface area contributed by atoms with E-state index in [0.29, 0.717) is 12.2 Å². The second-order valence-corrected chi connectivity index (χ2v) is 9.40. The van der Waals surface area contributed by atoms with Gasteiger partial charge in [-0.15, -0.1) is 0 Å². The largest absolute Gasteiger partial charge is 1.00 e. The number of halogens is 1. The van der Waals surface area contributed by atoms with Crippen molar-refractivity contribution in [3.63, 3.8) is 0 Å². The molecule has 0 radical (unpaired) electrons. The first-order valence-corrected chi connectivity index (χ1v) is 10.2. The van der Waals surface area contributed by atoms with Crippen molar-refractivity contribution in [2.75, 3.05) is 19.6 Å². The van der Waals surface area contributed by atoms with Gasteiger partial charge >= 0.3 is 0 Å². The number of aryl methyl sites for hydroxylation is 1. The zero-order valence-corrected chi connectivity index (χ0v) is 18.0. The lowest BCUT2D eigenvalue weighted by molar-refractivity contribution is -0.0000139. The molecule has 0 N–H and O–H groups in total. The van der Waals surface area contributed by atoms with Crippen LogP contribution in [0.25, 0.3) is 0 Å². The van der Waals surface area contributed by atoms with E-state index in [-0.39, 0.29) is 23.2 Å². The third-order valence-corrected chi connectivity index (χ3v) is 6.61. The Kier molecular flexibility index (Phi) is 6.62. The van der Waals surface area contributed by atoms with E-state index in [9.17, 15) is 4.79 Å². The molecular weight excluding hydrogens is 342 g/mol. The number of hydrogen-bond donors (Lipinski definition) is 0. The Labute approximate surface area is 166 Å². The lowest BCUT2D eigenvalue weighted by atomic mass is 9.62. The van der Waals surface area contributed by atoms with Crippen LogP contribution in [0.5, 0.6) is 0 Å². The average Bonchev–Trinajstić information content (AvgIpc) is 3.09. The fraction of sp³-hybridized carbons (Fsp3) is 0.696. The third-order valence-electron chi connectivity index (χ3n) is 6.61. The van der Waals surface area contributed by atoms with Crippen molar-refractivity contribution in [2.24, 2.45) is 0 Å². The second kappa shape index (κ2) is 8.02. The van der Waals surface area contributed by atoms with Crippen LogP contribution in [0.15, 0.2) is 12.1 Å². The SMILES string of the molecule is CCc1cc2c(cc1C(=O)CCN1CCCC1)C(C)(C)CCC2(C)C.[Cl-]. The van der Waals surface area contributed by atoms with E-state index in [2.05, 4.69) is 51.7 Å². The van der Waals surface area contributed by atoms with Gasteiger partial charge in [-0.2, -0.15) is 0 Å². The average molecular weight is 377 g/mol. The fourth-order valence-electron chi connectivity index (χ4n) is 4.61. The second-order valence-electron chi connectivity index (χ2n) is 9.40. The summed E-state index contributed by atoms with van der Waals surface area (Å²) in [5.74, 6) is 0.339. The number of rotatable bonds is 5. The smallest absolute Gasteiger partial charge is 0.164 e. The van der Waals surface area contributed by atoms with E-state index in [1.165, 1.54) is 55.5 Å². The molecular formula is C23H35ClNO-. The van der Waals surface area contributed by atoms with Crippen LogP contribution in [0.1, 0.15) is 93.8 Å². The molecule has 1 aromatic rings. The van der Waals surface area contributed by atoms with E-state index in [0.717, 1.165) is 18.5 Å². The summed E-state index contributed by atoms with van der Waals surface area (Å²) in [4.78, 5) is 15.5. The number of hydrogen-bond acceptors (Lipinski definition) is 2. The number of carbonyl (C=O) groups excluding carboxylic acids is 1. The van der Waals surface area contributed by atoms with E-state index in [4.69, 9.17) is 0 Å². The number of likely N-dealkylation sites (tertiary alicyclic amines) is 1. The standard InChI is InChI=1S/C23H35NO.ClH/c1-6-17-15-19-20(23(4,5)11-10-22(19,2)3)16-18(17)21(25)9-14-24-12-7-8-13-24;/h15-16H,6-14H2,1-5H3;1H/p-1. The molecule has 1 aromatic carbocycles. The maximum absolute atomic E-state index is 13.0. The predicted molar refractivity (Wildman–Crippen MR) is 106 cm³/mol. The number of benzene rings is 1. The number of nitrogens with zero attached hydrogens (tertiary/aromatic N) is 1. The minimum absolute atomic E-state index is 0. The highest BCUT2D eigenvalue weighted by Gasteiger charge is 2.38. The Morgan fingerprint density at radius 1 is 1.00 bits per heavy atom. The molecule has 0 saturated carbocycles. The normalized spacial score (nSPS) is 21.1. The topological polar surface area (TPSA) is 20.3 Å². The first kappa shape index (κ1) is 21.4. The van der Waals surface area contributed by atoms with Crippen LogP contribution in [0, 0.1) is 0 Å². The van der Waals surface area contributed by atoms with Gasteiger partial charge in [0, 0.05) is 18.5 Å². The molecule has 1 aliphatic carbocycles. The van der Waals surface area contributed by atoms with Gasteiger partial charge in [-0.1, -0.05) is 40.7 Å². The molecule has 0 atom stereocenters. The molecule has 0 bridgehead atoms. The van der Waals surface area contributed by atoms with E-state index >= 15 is 0 Å². The summed E-state index contributed by atoms with van der Waals surface area (Å²) >= 11 is 0. The molecule has 0 spiro atoms. The van der Waals surface area contributed by atoms with Gasteiger partial charge in [-0.3, -0.25) is 4.79 Å². The van der Waals surface area contributed by atoms with Gasteiger partial charge < -0.3 is 17.3 Å². The lowest BCUT2D eigenvalue weighted by Crippen LogP contribution is -3.00. The van der Waals surface area contributed by atoms with Gasteiger partial charge in [-0.25, -0.2) is 0 Å². The Bertz CT molecular complexity index is 656. The van der Waals surface area contributed by atoms with Crippen molar-refractivity contribution in [1.29, 1.82) is 0 Å². The Hall–Kier alpha value is -0.860. The van der Waals surface area contributed by atoms with Gasteiger partial charge in [0.1, 0.15) is 0 Å². The molecule has 26 heavy (non-hydrogen) atoms. The minimum Gasteiger partial charge on any atom is -1.00 e. The van der Waals surface area contributed by atoms with Crippen LogP contribution in [0.3, 0.4) is 0 Å². The lowest BCUT2D eigenvalue weighted by Gasteiger charge is -2.42. The van der Waals surface area contributed by atoms with Gasteiger partial charge in [0.2, 0.25) is 0 Å². The highest BCUT2D eigenvalue weighted by atomic mass is 35.5. The summed E-state index contributed by atoms with van der Waals surface area (Å²) in [6.45, 7) is 14.8. The highest BCUT2D eigenvalue weighted by molar-refractivity contribution is 5.98. The first-order valence-electron chi connectivity index (χ1n) is 10.2. The van der Waals surface area contributed by atoms with Crippen molar-refractivity contribution >= 4 is 5.78 Å². The summed E-state index contributed by atoms with van der Waals surface area (Å²) in [6.07, 6.45) is 6.59. The maximum Gasteiger partial charge on any atom is 0.164 e. The number of carbonyl (C=O) groups is 1. The van der Waals surface area contributed by atoms with Crippen LogP contribution in [-0.2, 0) is 17.3 Å². The van der Waals surface area contributed by atoms with Gasteiger partial charge in [0.25, 0.3) is 0 Å². The molecule has 2 nitrogen and oxygen atoms in total. The summed E-state index contributed by atoms with van der Waals surface area (Å²) < 4.78 is 0. The fourth-order valence-corrected chi connectivity index (χ4v) is 4.61. The van der Waals surface area contributed by atoms with Crippen LogP contribution in [-0.4, -0.2) is 30.3 Å². The summed E-state index contributed by atoms with van der Waals surface area (Å²) in [6, 6.07) is 4.63. The van der Waals surface area contributed by atoms with Crippen LogP contribution < -0.4 is 12.4 Å². The summed E-state index contributed by atoms with van der Waals surface area (Å²) in [5.41, 5.74) is 5.50. The Balaban J connectivity index is 0.00000243. The molecule has 2 aliphatic rings. The third kappa shape index (κ3) is 4.17. The first-order chi connectivity index (χ1) is 11.7. The van der Waals surface area contributed by atoms with Crippen molar-refractivity contribution in [3.05, 3.63) is 34.4 Å². The maximum atomic E-state index is 13.0. The van der Waals surface area contributed by atoms with E-state index in [1.807, 2.05) is 0 Å². The molecule has 1 heterocycles. The van der Waals surface area contributed by atoms with Crippen LogP contribution in [0.4, 0.5) is 0 Å². The highest BCUT2D eigenvalue weighted by Crippen LogP contribution is 2.46. The molecule has 0 amide bonds. The summed E-state index contributed by atoms with van der Waals surface area (Å²) in [7, 11) is 0. The van der Waals surface area contributed by atoms with Crippen LogP contribution in [0.2, 0.25) is 0 Å². The molecule has 1 aliphatic heterocycles. The molecule has 1 saturated heterocycles. The molecule has 146 valence electrons. The molecule has 0 unspecified atom stereocenters.